The quantitative estimate of drug-likeness (QED) is 0.875. The van der Waals surface area contributed by atoms with Gasteiger partial charge in [-0.1, -0.05) is 25.1 Å². The van der Waals surface area contributed by atoms with E-state index in [0.717, 1.165) is 19.3 Å². The van der Waals surface area contributed by atoms with Crippen LogP contribution in [-0.4, -0.2) is 34.5 Å². The van der Waals surface area contributed by atoms with Gasteiger partial charge in [-0.3, -0.25) is 9.59 Å². The predicted octanol–water partition coefficient (Wildman–Crippen LogP) is 3.25. The molecule has 1 aromatic carbocycles. The third kappa shape index (κ3) is 4.78. The fraction of sp³-hybridized carbons (Fsp3) is 0.556. The van der Waals surface area contributed by atoms with E-state index >= 15 is 0 Å². The lowest BCUT2D eigenvalue weighted by atomic mass is 9.93. The fourth-order valence-corrected chi connectivity index (χ4v) is 3.25. The Morgan fingerprint density at radius 1 is 1.35 bits per heavy atom. The maximum Gasteiger partial charge on any atom is 0.303 e. The second-order valence-corrected chi connectivity index (χ2v) is 6.31. The van der Waals surface area contributed by atoms with Crippen molar-refractivity contribution >= 4 is 11.9 Å². The lowest BCUT2D eigenvalue weighted by Gasteiger charge is -2.37. The van der Waals surface area contributed by atoms with Crippen LogP contribution < -0.4 is 0 Å². The van der Waals surface area contributed by atoms with E-state index in [2.05, 4.69) is 0 Å². The van der Waals surface area contributed by atoms with Crippen molar-refractivity contribution in [2.45, 2.75) is 51.5 Å². The number of hydrogen-bond donors (Lipinski definition) is 1. The van der Waals surface area contributed by atoms with Crippen molar-refractivity contribution in [1.82, 2.24) is 4.90 Å². The van der Waals surface area contributed by atoms with Crippen molar-refractivity contribution in [3.63, 3.8) is 0 Å². The molecule has 23 heavy (non-hydrogen) atoms. The lowest BCUT2D eigenvalue weighted by Crippen LogP contribution is -2.46. The first-order valence-corrected chi connectivity index (χ1v) is 8.24. The van der Waals surface area contributed by atoms with Crippen LogP contribution in [-0.2, 0) is 16.0 Å². The van der Waals surface area contributed by atoms with Gasteiger partial charge < -0.3 is 10.0 Å². The minimum absolute atomic E-state index is 0.00309. The van der Waals surface area contributed by atoms with E-state index in [1.807, 2.05) is 11.8 Å². The van der Waals surface area contributed by atoms with Crippen molar-refractivity contribution in [2.24, 2.45) is 5.92 Å². The van der Waals surface area contributed by atoms with Gasteiger partial charge in [0.1, 0.15) is 5.82 Å². The molecule has 1 amide bonds. The molecule has 2 atom stereocenters. The first-order chi connectivity index (χ1) is 11.0. The van der Waals surface area contributed by atoms with Gasteiger partial charge in [0.2, 0.25) is 5.91 Å². The van der Waals surface area contributed by atoms with Crippen LogP contribution in [0.3, 0.4) is 0 Å². The summed E-state index contributed by atoms with van der Waals surface area (Å²) >= 11 is 0. The highest BCUT2D eigenvalue weighted by Crippen LogP contribution is 2.24. The molecule has 0 unspecified atom stereocenters. The largest absolute Gasteiger partial charge is 0.481 e. The number of benzene rings is 1. The number of hydrogen-bond acceptors (Lipinski definition) is 2. The van der Waals surface area contributed by atoms with E-state index in [4.69, 9.17) is 5.11 Å². The average Bonchev–Trinajstić information content (AvgIpc) is 2.54. The van der Waals surface area contributed by atoms with Crippen molar-refractivity contribution in [2.75, 3.05) is 6.54 Å². The summed E-state index contributed by atoms with van der Waals surface area (Å²) in [6.07, 6.45) is 3.76. The van der Waals surface area contributed by atoms with E-state index in [9.17, 15) is 14.0 Å². The molecule has 1 aromatic rings. The SMILES string of the molecule is C[C@H](Cc1ccccc1F)C(=O)N1CCCC[C@H]1CCC(=O)O. The molecule has 1 saturated heterocycles. The molecule has 126 valence electrons. The first-order valence-electron chi connectivity index (χ1n) is 8.24. The number of carbonyl (C=O) groups excluding carboxylic acids is 1. The Labute approximate surface area is 136 Å². The van der Waals surface area contributed by atoms with Crippen LogP contribution in [0.2, 0.25) is 0 Å². The van der Waals surface area contributed by atoms with E-state index in [0.29, 0.717) is 24.9 Å². The summed E-state index contributed by atoms with van der Waals surface area (Å²) in [7, 11) is 0. The minimum atomic E-state index is -0.831. The Balaban J connectivity index is 2.01. The van der Waals surface area contributed by atoms with Crippen molar-refractivity contribution < 1.29 is 19.1 Å². The van der Waals surface area contributed by atoms with Crippen LogP contribution >= 0.6 is 0 Å². The van der Waals surface area contributed by atoms with E-state index in [-0.39, 0.29) is 30.1 Å². The number of amides is 1. The van der Waals surface area contributed by atoms with Crippen LogP contribution in [0.4, 0.5) is 4.39 Å². The Kier molecular flexibility index (Phi) is 6.13. The first kappa shape index (κ1) is 17.4. The van der Waals surface area contributed by atoms with Gasteiger partial charge in [0, 0.05) is 24.9 Å². The van der Waals surface area contributed by atoms with E-state index in [1.165, 1.54) is 6.07 Å². The van der Waals surface area contributed by atoms with Crippen LogP contribution in [0.25, 0.3) is 0 Å². The van der Waals surface area contributed by atoms with Gasteiger partial charge in [-0.15, -0.1) is 0 Å². The highest BCUT2D eigenvalue weighted by Gasteiger charge is 2.30. The Morgan fingerprint density at radius 3 is 2.78 bits per heavy atom. The highest BCUT2D eigenvalue weighted by atomic mass is 19.1. The minimum Gasteiger partial charge on any atom is -0.481 e. The summed E-state index contributed by atoms with van der Waals surface area (Å²) in [4.78, 5) is 25.3. The fourth-order valence-electron chi connectivity index (χ4n) is 3.25. The molecule has 1 heterocycles. The molecule has 0 radical (unpaired) electrons. The van der Waals surface area contributed by atoms with Gasteiger partial charge in [0.15, 0.2) is 0 Å². The molecule has 0 aromatic heterocycles. The number of carboxylic acid groups (broad SMARTS) is 1. The van der Waals surface area contributed by atoms with Gasteiger partial charge >= 0.3 is 5.97 Å². The van der Waals surface area contributed by atoms with Crippen molar-refractivity contribution in [3.8, 4) is 0 Å². The number of piperidine rings is 1. The molecular weight excluding hydrogens is 297 g/mol. The second kappa shape index (κ2) is 8.09. The summed E-state index contributed by atoms with van der Waals surface area (Å²) in [5.41, 5.74) is 0.549. The third-order valence-corrected chi connectivity index (χ3v) is 4.51. The molecule has 1 N–H and O–H groups in total. The van der Waals surface area contributed by atoms with E-state index < -0.39 is 5.97 Å². The zero-order valence-electron chi connectivity index (χ0n) is 13.5. The van der Waals surface area contributed by atoms with Gasteiger partial charge in [-0.05, 0) is 43.7 Å². The maximum atomic E-state index is 13.8. The molecule has 1 aliphatic heterocycles. The Morgan fingerprint density at radius 2 is 2.09 bits per heavy atom. The number of aliphatic carboxylic acids is 1. The number of nitrogens with zero attached hydrogens (tertiary/aromatic N) is 1. The molecule has 1 fully saturated rings. The molecule has 5 heteroatoms. The van der Waals surface area contributed by atoms with Gasteiger partial charge in [-0.25, -0.2) is 4.39 Å². The number of carbonyl (C=O) groups is 2. The number of carboxylic acids is 1. The molecule has 4 nitrogen and oxygen atoms in total. The number of likely N-dealkylation sites (tertiary alicyclic amines) is 1. The standard InChI is InChI=1S/C18H24FNO3/c1-13(12-14-6-2-3-8-16(14)19)18(23)20-11-5-4-7-15(20)9-10-17(21)22/h2-3,6,8,13,15H,4-5,7,9-12H2,1H3,(H,21,22)/t13-,15+/m1/s1. The van der Waals surface area contributed by atoms with Crippen LogP contribution in [0.5, 0.6) is 0 Å². The molecule has 1 aliphatic rings. The number of rotatable bonds is 6. The smallest absolute Gasteiger partial charge is 0.303 e. The molecular formula is C18H24FNO3. The van der Waals surface area contributed by atoms with Gasteiger partial charge in [0.05, 0.1) is 0 Å². The van der Waals surface area contributed by atoms with Gasteiger partial charge in [0.25, 0.3) is 0 Å². The van der Waals surface area contributed by atoms with Gasteiger partial charge in [-0.2, -0.15) is 0 Å². The monoisotopic (exact) mass is 321 g/mol. The third-order valence-electron chi connectivity index (χ3n) is 4.51. The van der Waals surface area contributed by atoms with Crippen LogP contribution in [0.15, 0.2) is 24.3 Å². The summed E-state index contributed by atoms with van der Waals surface area (Å²) in [5, 5.41) is 8.86. The lowest BCUT2D eigenvalue weighted by molar-refractivity contribution is -0.142. The molecule has 0 spiro atoms. The molecule has 0 bridgehead atoms. The van der Waals surface area contributed by atoms with E-state index in [1.54, 1.807) is 18.2 Å². The molecule has 0 aliphatic carbocycles. The molecule has 0 saturated carbocycles. The summed E-state index contributed by atoms with van der Waals surface area (Å²) in [6, 6.07) is 6.51. The summed E-state index contributed by atoms with van der Waals surface area (Å²) in [6.45, 7) is 2.49. The second-order valence-electron chi connectivity index (χ2n) is 6.31. The summed E-state index contributed by atoms with van der Waals surface area (Å²) in [5.74, 6) is -1.42. The highest BCUT2D eigenvalue weighted by molar-refractivity contribution is 5.79. The summed E-state index contributed by atoms with van der Waals surface area (Å²) < 4.78 is 13.8. The Bertz CT molecular complexity index is 561. The van der Waals surface area contributed by atoms with Crippen LogP contribution in [0, 0.1) is 11.7 Å². The molecule has 2 rings (SSSR count). The zero-order chi connectivity index (χ0) is 16.8. The number of halogens is 1. The zero-order valence-corrected chi connectivity index (χ0v) is 13.5. The predicted molar refractivity (Wildman–Crippen MR) is 85.5 cm³/mol. The topological polar surface area (TPSA) is 57.6 Å². The average molecular weight is 321 g/mol. The normalized spacial score (nSPS) is 19.4. The Hall–Kier alpha value is -1.91. The van der Waals surface area contributed by atoms with Crippen LogP contribution in [0.1, 0.15) is 44.6 Å². The van der Waals surface area contributed by atoms with Crippen molar-refractivity contribution in [1.29, 1.82) is 0 Å². The van der Waals surface area contributed by atoms with Crippen molar-refractivity contribution in [3.05, 3.63) is 35.6 Å². The maximum absolute atomic E-state index is 13.8.